The fraction of sp³-hybridized carbons (Fsp3) is 0.421. The molecule has 1 aromatic heterocycles. The number of aromatic nitrogens is 2. The van der Waals surface area contributed by atoms with E-state index in [0.29, 0.717) is 0 Å². The molecular weight excluding hydrogens is 357 g/mol. The van der Waals surface area contributed by atoms with Gasteiger partial charge in [0, 0.05) is 18.7 Å². The minimum atomic E-state index is -4.52. The van der Waals surface area contributed by atoms with Gasteiger partial charge in [-0.1, -0.05) is 29.8 Å². The first-order chi connectivity index (χ1) is 12.6. The van der Waals surface area contributed by atoms with E-state index in [4.69, 9.17) is 0 Å². The normalized spacial score (nSPS) is 12.9. The van der Waals surface area contributed by atoms with Crippen LogP contribution < -0.4 is 5.32 Å². The van der Waals surface area contributed by atoms with E-state index in [9.17, 15) is 18.0 Å². The molecule has 0 aliphatic carbocycles. The molecule has 1 heterocycles. The summed E-state index contributed by atoms with van der Waals surface area (Å²) in [6.45, 7) is 3.58. The Bertz CT molecular complexity index is 806. The van der Waals surface area contributed by atoms with E-state index in [1.165, 1.54) is 6.92 Å². The van der Waals surface area contributed by atoms with Crippen molar-refractivity contribution in [3.8, 4) is 0 Å². The van der Waals surface area contributed by atoms with Crippen molar-refractivity contribution in [2.45, 2.75) is 32.5 Å². The summed E-state index contributed by atoms with van der Waals surface area (Å²) in [5.74, 6) is -0.172. The lowest BCUT2D eigenvalue weighted by atomic mass is 10.0. The van der Waals surface area contributed by atoms with Gasteiger partial charge in [-0.05, 0) is 39.6 Å². The molecule has 1 unspecified atom stereocenters. The molecule has 0 radical (unpaired) electrons. The van der Waals surface area contributed by atoms with Crippen molar-refractivity contribution in [1.29, 1.82) is 0 Å². The van der Waals surface area contributed by atoms with E-state index >= 15 is 0 Å². The van der Waals surface area contributed by atoms with Gasteiger partial charge in [-0.2, -0.15) is 13.2 Å². The maximum Gasteiger partial charge on any atom is 0.433 e. The summed E-state index contributed by atoms with van der Waals surface area (Å²) < 4.78 is 38.5. The van der Waals surface area contributed by atoms with Crippen LogP contribution >= 0.6 is 0 Å². The van der Waals surface area contributed by atoms with Gasteiger partial charge in [0.1, 0.15) is 17.6 Å². The van der Waals surface area contributed by atoms with Crippen molar-refractivity contribution in [2.75, 3.05) is 20.6 Å². The van der Waals surface area contributed by atoms with Crippen molar-refractivity contribution in [2.24, 2.45) is 0 Å². The molecular formula is C19H23F3N4O. The number of rotatable bonds is 6. The Morgan fingerprint density at radius 2 is 1.89 bits per heavy atom. The summed E-state index contributed by atoms with van der Waals surface area (Å²) in [5.41, 5.74) is 1.16. The third-order valence-electron chi connectivity index (χ3n) is 3.96. The second kappa shape index (κ2) is 8.47. The van der Waals surface area contributed by atoms with E-state index in [2.05, 4.69) is 15.3 Å². The van der Waals surface area contributed by atoms with Crippen LogP contribution in [0.3, 0.4) is 0 Å². The summed E-state index contributed by atoms with van der Waals surface area (Å²) >= 11 is 0. The number of benzene rings is 1. The Kier molecular flexibility index (Phi) is 6.54. The van der Waals surface area contributed by atoms with Gasteiger partial charge >= 0.3 is 6.18 Å². The van der Waals surface area contributed by atoms with E-state index in [-0.39, 0.29) is 30.4 Å². The number of aryl methyl sites for hydroxylation is 2. The number of hydrogen-bond donors (Lipinski definition) is 1. The minimum absolute atomic E-state index is 0.0552. The quantitative estimate of drug-likeness (QED) is 0.837. The monoisotopic (exact) mass is 380 g/mol. The molecule has 1 amide bonds. The summed E-state index contributed by atoms with van der Waals surface area (Å²) in [6, 6.07) is 8.05. The van der Waals surface area contributed by atoms with Crippen LogP contribution in [0.2, 0.25) is 0 Å². The highest BCUT2D eigenvalue weighted by atomic mass is 19.4. The van der Waals surface area contributed by atoms with Crippen molar-refractivity contribution >= 4 is 5.91 Å². The number of carbonyl (C=O) groups excluding carboxylic acids is 1. The molecule has 0 aliphatic heterocycles. The molecule has 1 N–H and O–H groups in total. The first-order valence-electron chi connectivity index (χ1n) is 8.50. The molecule has 0 fully saturated rings. The first-order valence-corrected chi connectivity index (χ1v) is 8.50. The minimum Gasteiger partial charge on any atom is -0.354 e. The fourth-order valence-electron chi connectivity index (χ4n) is 2.81. The van der Waals surface area contributed by atoms with Crippen molar-refractivity contribution < 1.29 is 18.0 Å². The fourth-order valence-corrected chi connectivity index (χ4v) is 2.81. The van der Waals surface area contributed by atoms with E-state index in [1.54, 1.807) is 19.0 Å². The predicted octanol–water partition coefficient (Wildman–Crippen LogP) is 3.07. The number of hydrogen-bond acceptors (Lipinski definition) is 4. The molecule has 5 nitrogen and oxygen atoms in total. The van der Waals surface area contributed by atoms with Gasteiger partial charge in [-0.25, -0.2) is 9.97 Å². The van der Waals surface area contributed by atoms with E-state index < -0.39 is 17.9 Å². The highest BCUT2D eigenvalue weighted by molar-refractivity contribution is 5.83. The van der Waals surface area contributed by atoms with Gasteiger partial charge in [0.2, 0.25) is 5.91 Å². The Morgan fingerprint density at radius 1 is 1.19 bits per heavy atom. The molecule has 0 bridgehead atoms. The molecule has 0 saturated carbocycles. The lowest BCUT2D eigenvalue weighted by Gasteiger charge is -2.24. The average Bonchev–Trinajstić information content (AvgIpc) is 2.53. The van der Waals surface area contributed by atoms with Gasteiger partial charge in [0.05, 0.1) is 0 Å². The van der Waals surface area contributed by atoms with Crippen LogP contribution in [-0.4, -0.2) is 41.4 Å². The van der Waals surface area contributed by atoms with Crippen molar-refractivity contribution in [1.82, 2.24) is 20.2 Å². The zero-order valence-electron chi connectivity index (χ0n) is 15.8. The highest BCUT2D eigenvalue weighted by Crippen LogP contribution is 2.27. The molecule has 0 aliphatic rings. The number of halogens is 3. The molecule has 1 aromatic carbocycles. The molecule has 27 heavy (non-hydrogen) atoms. The highest BCUT2D eigenvalue weighted by Gasteiger charge is 2.33. The van der Waals surface area contributed by atoms with Gasteiger partial charge in [-0.15, -0.1) is 0 Å². The Labute approximate surface area is 156 Å². The standard InChI is InChI=1S/C19H23F3N4O/c1-12-6-5-7-14(10-12)17(26(3)4)18(27)23-9-8-16-24-13(2)11-15(25-16)19(20,21)22/h5-7,10-11,17H,8-9H2,1-4H3,(H,23,27). The van der Waals surface area contributed by atoms with E-state index in [0.717, 1.165) is 17.2 Å². The Balaban J connectivity index is 2.05. The number of likely N-dealkylation sites (N-methyl/N-ethyl adjacent to an activating group) is 1. The number of alkyl halides is 3. The molecule has 0 spiro atoms. The number of amides is 1. The molecule has 1 atom stereocenters. The second-order valence-electron chi connectivity index (χ2n) is 6.63. The number of nitrogens with zero attached hydrogens (tertiary/aromatic N) is 3. The van der Waals surface area contributed by atoms with Crippen LogP contribution in [0, 0.1) is 13.8 Å². The number of nitrogens with one attached hydrogen (secondary N) is 1. The third-order valence-corrected chi connectivity index (χ3v) is 3.96. The molecule has 146 valence electrons. The largest absolute Gasteiger partial charge is 0.433 e. The molecule has 0 saturated heterocycles. The zero-order valence-corrected chi connectivity index (χ0v) is 15.8. The lowest BCUT2D eigenvalue weighted by Crippen LogP contribution is -2.38. The van der Waals surface area contributed by atoms with E-state index in [1.807, 2.05) is 31.2 Å². The molecule has 8 heteroatoms. The lowest BCUT2D eigenvalue weighted by molar-refractivity contribution is -0.141. The first kappa shape index (κ1) is 20.8. The maximum atomic E-state index is 12.8. The van der Waals surface area contributed by atoms with Crippen molar-refractivity contribution in [3.63, 3.8) is 0 Å². The second-order valence-corrected chi connectivity index (χ2v) is 6.63. The third kappa shape index (κ3) is 5.75. The predicted molar refractivity (Wildman–Crippen MR) is 96.1 cm³/mol. The average molecular weight is 380 g/mol. The van der Waals surface area contributed by atoms with Gasteiger partial charge < -0.3 is 5.32 Å². The van der Waals surface area contributed by atoms with Crippen molar-refractivity contribution in [3.05, 3.63) is 58.7 Å². The summed E-state index contributed by atoms with van der Waals surface area (Å²) in [5, 5.41) is 2.77. The summed E-state index contributed by atoms with van der Waals surface area (Å²) in [6.07, 6.45) is -4.41. The van der Waals surface area contributed by atoms with Crippen LogP contribution in [-0.2, 0) is 17.4 Å². The SMILES string of the molecule is Cc1cccc(C(C(=O)NCCc2nc(C)cc(C(F)(F)F)n2)N(C)C)c1. The maximum absolute atomic E-state index is 12.8. The molecule has 2 rings (SSSR count). The van der Waals surface area contributed by atoms with Crippen LogP contribution in [0.25, 0.3) is 0 Å². The van der Waals surface area contributed by atoms with Crippen LogP contribution in [0.4, 0.5) is 13.2 Å². The topological polar surface area (TPSA) is 58.1 Å². The van der Waals surface area contributed by atoms with Crippen LogP contribution in [0.15, 0.2) is 30.3 Å². The van der Waals surface area contributed by atoms with Gasteiger partial charge in [0.15, 0.2) is 0 Å². The van der Waals surface area contributed by atoms with Crippen LogP contribution in [0.5, 0.6) is 0 Å². The summed E-state index contributed by atoms with van der Waals surface area (Å²) in [7, 11) is 3.59. The molecule has 2 aromatic rings. The zero-order chi connectivity index (χ0) is 20.2. The smallest absolute Gasteiger partial charge is 0.354 e. The van der Waals surface area contributed by atoms with Gasteiger partial charge in [0.25, 0.3) is 0 Å². The van der Waals surface area contributed by atoms with Gasteiger partial charge in [-0.3, -0.25) is 9.69 Å². The Hall–Kier alpha value is -2.48. The van der Waals surface area contributed by atoms with Crippen LogP contribution in [0.1, 0.15) is 34.4 Å². The Morgan fingerprint density at radius 3 is 2.48 bits per heavy atom. The summed E-state index contributed by atoms with van der Waals surface area (Å²) in [4.78, 5) is 22.0. The number of carbonyl (C=O) groups is 1.